The molecule has 38 heavy (non-hydrogen) atoms. The van der Waals surface area contributed by atoms with Crippen LogP contribution in [0.15, 0.2) is 0 Å². The number of rotatable bonds is 22. The van der Waals surface area contributed by atoms with Crippen LogP contribution in [0.5, 0.6) is 0 Å². The number of carbonyl (C=O) groups is 5. The first-order valence-corrected chi connectivity index (χ1v) is 13.8. The molecule has 15 heteroatoms. The molecule has 12 nitrogen and oxygen atoms in total. The van der Waals surface area contributed by atoms with Gasteiger partial charge in [0.1, 0.15) is 6.04 Å². The molecule has 0 aromatic heterocycles. The van der Waals surface area contributed by atoms with Crippen molar-refractivity contribution in [1.29, 1.82) is 0 Å². The molecule has 0 aliphatic rings. The zero-order valence-electron chi connectivity index (χ0n) is 24.8. The van der Waals surface area contributed by atoms with Crippen LogP contribution >= 0.6 is 0 Å². The molecule has 1 unspecified atom stereocenters. The van der Waals surface area contributed by atoms with E-state index in [1.54, 1.807) is 0 Å². The van der Waals surface area contributed by atoms with Crippen LogP contribution in [-0.4, -0.2) is 64.8 Å². The fourth-order valence-electron chi connectivity index (χ4n) is 3.44. The SMILES string of the molecule is CCCCCCCCCCCCCC(=O)N[C@H](CCC(=O)OS(=O)(=O)C(CC(=O)O)C(=O)O)C(=O)O.[H-].[H-].[Na+].[Na+]. The van der Waals surface area contributed by atoms with Gasteiger partial charge in [0.15, 0.2) is 0 Å². The molecule has 4 N–H and O–H groups in total. The molecule has 0 spiro atoms. The molecular weight excluding hydrogens is 544 g/mol. The van der Waals surface area contributed by atoms with E-state index >= 15 is 0 Å². The second-order valence-electron chi connectivity index (χ2n) is 8.66. The number of carboxylic acid groups (broad SMARTS) is 3. The molecule has 0 heterocycles. The Hall–Kier alpha value is -0.700. The van der Waals surface area contributed by atoms with Gasteiger partial charge in [-0.3, -0.25) is 19.2 Å². The van der Waals surface area contributed by atoms with Crippen LogP contribution in [0.1, 0.15) is 106 Å². The van der Waals surface area contributed by atoms with Crippen molar-refractivity contribution < 1.29 is 114 Å². The minimum Gasteiger partial charge on any atom is -1.00 e. The van der Waals surface area contributed by atoms with Crippen molar-refractivity contribution in [3.05, 3.63) is 0 Å². The molecular formula is C23H41NNa2O11S. The molecule has 0 aromatic rings. The molecule has 0 saturated heterocycles. The minimum absolute atomic E-state index is 0. The summed E-state index contributed by atoms with van der Waals surface area (Å²) in [6, 6.07) is -1.48. The summed E-state index contributed by atoms with van der Waals surface area (Å²) in [7, 11) is -5.10. The van der Waals surface area contributed by atoms with Gasteiger partial charge in [0, 0.05) is 12.8 Å². The van der Waals surface area contributed by atoms with Gasteiger partial charge in [0.05, 0.1) is 6.42 Å². The maximum atomic E-state index is 12.1. The number of hydrogen-bond donors (Lipinski definition) is 4. The van der Waals surface area contributed by atoms with Crippen LogP contribution in [0, 0.1) is 0 Å². The van der Waals surface area contributed by atoms with Crippen molar-refractivity contribution in [2.45, 2.75) is 115 Å². The average molecular weight is 586 g/mol. The van der Waals surface area contributed by atoms with Gasteiger partial charge in [-0.25, -0.2) is 4.79 Å². The Morgan fingerprint density at radius 2 is 1.24 bits per heavy atom. The summed E-state index contributed by atoms with van der Waals surface area (Å²) in [6.07, 6.45) is 9.62. The number of unbranched alkanes of at least 4 members (excludes halogenated alkanes) is 10. The van der Waals surface area contributed by atoms with Crippen LogP contribution in [-0.2, 0) is 38.3 Å². The molecule has 0 bridgehead atoms. The first-order valence-electron chi connectivity index (χ1n) is 12.3. The molecule has 0 fully saturated rings. The Bertz CT molecular complexity index is 849. The Balaban J connectivity index is -0.00000102. The second-order valence-corrected chi connectivity index (χ2v) is 10.4. The van der Waals surface area contributed by atoms with E-state index in [1.807, 2.05) is 0 Å². The monoisotopic (exact) mass is 585 g/mol. The topological polar surface area (TPSA) is 201 Å². The number of carbonyl (C=O) groups excluding carboxylic acids is 2. The molecule has 0 aromatic carbocycles. The maximum Gasteiger partial charge on any atom is 1.00 e. The Kier molecular flexibility index (Phi) is 26.5. The number of aliphatic carboxylic acids is 3. The second kappa shape index (κ2) is 24.1. The van der Waals surface area contributed by atoms with Crippen molar-refractivity contribution in [2.24, 2.45) is 0 Å². The predicted molar refractivity (Wildman–Crippen MR) is 131 cm³/mol. The van der Waals surface area contributed by atoms with Crippen molar-refractivity contribution in [3.63, 3.8) is 0 Å². The smallest absolute Gasteiger partial charge is 1.00 e. The summed E-state index contributed by atoms with van der Waals surface area (Å²) < 4.78 is 27.9. The largest absolute Gasteiger partial charge is 1.00 e. The number of amides is 1. The van der Waals surface area contributed by atoms with Gasteiger partial charge in [-0.15, -0.1) is 0 Å². The first-order chi connectivity index (χ1) is 16.9. The summed E-state index contributed by atoms with van der Waals surface area (Å²) in [6.45, 7) is 2.18. The van der Waals surface area contributed by atoms with Gasteiger partial charge in [-0.05, 0) is 12.8 Å². The van der Waals surface area contributed by atoms with Crippen molar-refractivity contribution in [2.75, 3.05) is 0 Å². The zero-order valence-corrected chi connectivity index (χ0v) is 27.6. The van der Waals surface area contributed by atoms with Gasteiger partial charge in [-0.1, -0.05) is 71.1 Å². The Morgan fingerprint density at radius 3 is 1.66 bits per heavy atom. The summed E-state index contributed by atoms with van der Waals surface area (Å²) in [5.74, 6) is -7.16. The third-order valence-electron chi connectivity index (χ3n) is 5.47. The molecule has 0 rings (SSSR count). The summed E-state index contributed by atoms with van der Waals surface area (Å²) in [5.41, 5.74) is 0. The number of nitrogens with one attached hydrogen (secondary N) is 1. The molecule has 1 amide bonds. The van der Waals surface area contributed by atoms with Crippen LogP contribution in [0.2, 0.25) is 0 Å². The van der Waals surface area contributed by atoms with E-state index in [2.05, 4.69) is 16.4 Å². The summed E-state index contributed by atoms with van der Waals surface area (Å²) in [4.78, 5) is 56.9. The van der Waals surface area contributed by atoms with Gasteiger partial charge >= 0.3 is 93.1 Å². The third-order valence-corrected chi connectivity index (χ3v) is 6.95. The van der Waals surface area contributed by atoms with Crippen molar-refractivity contribution in [1.82, 2.24) is 5.32 Å². The van der Waals surface area contributed by atoms with Gasteiger partial charge < -0.3 is 27.7 Å². The predicted octanol–water partition coefficient (Wildman–Crippen LogP) is -2.93. The van der Waals surface area contributed by atoms with Crippen LogP contribution in [0.25, 0.3) is 0 Å². The van der Waals surface area contributed by atoms with E-state index in [0.29, 0.717) is 6.42 Å². The fraction of sp³-hybridized carbons (Fsp3) is 0.783. The average Bonchev–Trinajstić information content (AvgIpc) is 2.77. The fourth-order valence-corrected chi connectivity index (χ4v) is 4.49. The van der Waals surface area contributed by atoms with Crippen LogP contribution in [0.3, 0.4) is 0 Å². The normalized spacial score (nSPS) is 12.2. The van der Waals surface area contributed by atoms with Crippen molar-refractivity contribution >= 4 is 39.9 Å². The minimum atomic E-state index is -5.10. The van der Waals surface area contributed by atoms with E-state index in [-0.39, 0.29) is 68.4 Å². The quantitative estimate of drug-likeness (QED) is 0.0576. The van der Waals surface area contributed by atoms with Crippen molar-refractivity contribution in [3.8, 4) is 0 Å². The maximum absolute atomic E-state index is 12.1. The van der Waals surface area contributed by atoms with Gasteiger partial charge in [0.2, 0.25) is 11.2 Å². The molecule has 0 aliphatic carbocycles. The third kappa shape index (κ3) is 21.2. The van der Waals surface area contributed by atoms with E-state index in [1.165, 1.54) is 38.5 Å². The Labute approximate surface area is 271 Å². The molecule has 0 saturated carbocycles. The van der Waals surface area contributed by atoms with E-state index in [4.69, 9.17) is 10.2 Å². The number of carboxylic acids is 3. The zero-order chi connectivity index (χ0) is 27.6. The molecule has 0 radical (unpaired) electrons. The van der Waals surface area contributed by atoms with Gasteiger partial charge in [-0.2, -0.15) is 8.42 Å². The molecule has 0 aliphatic heterocycles. The summed E-state index contributed by atoms with van der Waals surface area (Å²) >= 11 is 0. The van der Waals surface area contributed by atoms with Crippen LogP contribution < -0.4 is 64.4 Å². The molecule has 2 atom stereocenters. The van der Waals surface area contributed by atoms with E-state index < -0.39 is 70.5 Å². The van der Waals surface area contributed by atoms with E-state index in [9.17, 15) is 37.5 Å². The number of hydrogen-bond acceptors (Lipinski definition) is 8. The van der Waals surface area contributed by atoms with E-state index in [0.717, 1.165) is 25.7 Å². The first kappa shape index (κ1) is 41.8. The van der Waals surface area contributed by atoms with Gasteiger partial charge in [0.25, 0.3) is 0 Å². The molecule has 212 valence electrons. The Morgan fingerprint density at radius 1 is 0.763 bits per heavy atom. The summed E-state index contributed by atoms with van der Waals surface area (Å²) in [5, 5.41) is 26.5. The van der Waals surface area contributed by atoms with Crippen LogP contribution in [0.4, 0.5) is 0 Å². The standard InChI is InChI=1S/C23H39NO11S.2Na.2H/c1-2-3-4-5-6-7-8-9-10-11-12-13-19(25)24-17(22(29)30)14-15-21(28)35-36(33,34)18(23(31)32)16-20(26)27;;;;/h17-18H,2-16H2,1H3,(H,24,25)(H,26,27)(H,29,30)(H,31,32);;;;/q;2*+1;2*-1/t17-,18?;;;;/m1..../s1.